The minimum atomic E-state index is -0.238. The average molecular weight is 1040 g/mol. The first kappa shape index (κ1) is 28.4. The van der Waals surface area contributed by atoms with Crippen molar-refractivity contribution in [3.05, 3.63) is 62.2 Å². The van der Waals surface area contributed by atoms with E-state index in [1.165, 1.54) is 0 Å². The van der Waals surface area contributed by atoms with E-state index < -0.39 is 0 Å². The Hall–Kier alpha value is 3.20. The van der Waals surface area contributed by atoms with Crippen molar-refractivity contribution in [2.75, 3.05) is 10.7 Å². The molecule has 0 aliphatic carbocycles. The first-order chi connectivity index (χ1) is 13.6. The Kier molecular flexibility index (Phi) is 13.1. The van der Waals surface area contributed by atoms with Gasteiger partial charge in [0.2, 0.25) is 0 Å². The van der Waals surface area contributed by atoms with Gasteiger partial charge in [-0.3, -0.25) is 0 Å². The average Bonchev–Trinajstić information content (AvgIpc) is 2.63. The summed E-state index contributed by atoms with van der Waals surface area (Å²) in [5.41, 5.74) is 2.08. The fourth-order valence-corrected chi connectivity index (χ4v) is 9.52. The van der Waals surface area contributed by atoms with Crippen LogP contribution in [0.2, 0.25) is 0 Å². The lowest BCUT2D eigenvalue weighted by molar-refractivity contribution is -0.0112. The summed E-state index contributed by atoms with van der Waals surface area (Å²) < 4.78 is 12.7. The van der Waals surface area contributed by atoms with Gasteiger partial charge in [0, 0.05) is 48.6 Å². The number of hydrogen-bond donors (Lipinski definition) is 0. The van der Waals surface area contributed by atoms with E-state index >= 15 is 0 Å². The predicted octanol–water partition coefficient (Wildman–Crippen LogP) is 11.4. The summed E-state index contributed by atoms with van der Waals surface area (Å²) in [6.45, 7) is 0. The van der Waals surface area contributed by atoms with Gasteiger partial charge in [-0.15, -0.1) is 0 Å². The Balaban J connectivity index is 2.60. The number of rotatable bonds is 8. The van der Waals surface area contributed by atoms with Crippen LogP contribution in [0.1, 0.15) is 23.3 Å². The molecule has 0 saturated carbocycles. The molecule has 4 unspecified atom stereocenters. The van der Waals surface area contributed by atoms with Gasteiger partial charge in [0.05, 0.1) is 21.9 Å². The number of hydrogen-bond acceptors (Lipinski definition) is 1. The molecule has 0 aliphatic heterocycles. The molecule has 0 fully saturated rings. The van der Waals surface area contributed by atoms with Crippen LogP contribution >= 0.6 is 159 Å². The molecule has 0 heterocycles. The van der Waals surface area contributed by atoms with Crippen LogP contribution in [0.15, 0.2) is 51.1 Å². The molecule has 1 nitrogen and oxygen atoms in total. The zero-order valence-electron chi connectivity index (χ0n) is 14.2. The van der Waals surface area contributed by atoms with Crippen LogP contribution < -0.4 is 0 Å². The van der Waals surface area contributed by atoms with Crippen molar-refractivity contribution in [2.45, 2.75) is 21.9 Å². The third-order valence-corrected chi connectivity index (χ3v) is 12.2. The summed E-state index contributed by atoms with van der Waals surface area (Å²) in [7, 11) is 0. The Bertz CT molecular complexity index is 743. The molecule has 0 amide bonds. The highest BCUT2D eigenvalue weighted by atomic mass is 79.9. The molecule has 29 heavy (non-hydrogen) atoms. The van der Waals surface area contributed by atoms with E-state index in [9.17, 15) is 0 Å². The third kappa shape index (κ3) is 7.59. The first-order valence-corrected chi connectivity index (χ1v) is 16.8. The van der Waals surface area contributed by atoms with E-state index in [4.69, 9.17) is 4.74 Å². The maximum Gasteiger partial charge on any atom is 0.0988 e. The topological polar surface area (TPSA) is 9.23 Å². The first-order valence-electron chi connectivity index (χ1n) is 7.95. The van der Waals surface area contributed by atoms with Crippen LogP contribution in [0.3, 0.4) is 0 Å². The molecule has 0 aliphatic rings. The van der Waals surface area contributed by atoms with Crippen molar-refractivity contribution in [1.29, 1.82) is 0 Å². The summed E-state index contributed by atoms with van der Waals surface area (Å²) in [5.74, 6) is 0. The van der Waals surface area contributed by atoms with Gasteiger partial charge >= 0.3 is 0 Å². The Labute approximate surface area is 254 Å². The fourth-order valence-electron chi connectivity index (χ4n) is 2.64. The highest BCUT2D eigenvalue weighted by Gasteiger charge is 2.33. The predicted molar refractivity (Wildman–Crippen MR) is 159 cm³/mol. The van der Waals surface area contributed by atoms with Gasteiger partial charge < -0.3 is 4.74 Å². The zero-order chi connectivity index (χ0) is 21.9. The lowest BCUT2D eigenvalue weighted by Crippen LogP contribution is -2.26. The lowest BCUT2D eigenvalue weighted by atomic mass is 10.0. The molecule has 11 heteroatoms. The van der Waals surface area contributed by atoms with Gasteiger partial charge in [-0.2, -0.15) is 0 Å². The van der Waals surface area contributed by atoms with Crippen molar-refractivity contribution in [1.82, 2.24) is 0 Å². The van der Waals surface area contributed by atoms with Crippen LogP contribution in [0.25, 0.3) is 0 Å². The minimum Gasteiger partial charge on any atom is -0.363 e. The molecule has 0 aromatic heterocycles. The van der Waals surface area contributed by atoms with E-state index in [-0.39, 0.29) is 21.9 Å². The van der Waals surface area contributed by atoms with E-state index in [1.54, 1.807) is 0 Å². The minimum absolute atomic E-state index is 0.0433. The van der Waals surface area contributed by atoms with Gasteiger partial charge in [0.25, 0.3) is 0 Å². The smallest absolute Gasteiger partial charge is 0.0988 e. The van der Waals surface area contributed by atoms with Gasteiger partial charge in [-0.1, -0.05) is 159 Å². The molecule has 0 saturated heterocycles. The normalized spacial score (nSPS) is 15.8. The van der Waals surface area contributed by atoms with E-state index in [0.29, 0.717) is 0 Å². The van der Waals surface area contributed by atoms with E-state index in [1.807, 2.05) is 24.3 Å². The summed E-state index contributed by atoms with van der Waals surface area (Å²) in [4.78, 5) is 0.0867. The second-order valence-electron chi connectivity index (χ2n) is 5.88. The standard InChI is InChI=1S/C18H12Br10O/c19-5-13(27)17(15-9(23)1-7(21)2-10(15)24)29-18(14(28)6-20)16-11(25)3-8(22)4-12(16)26/h1-4,13-14,17-18H,5-6H2. The Morgan fingerprint density at radius 2 is 0.862 bits per heavy atom. The van der Waals surface area contributed by atoms with Gasteiger partial charge in [0.1, 0.15) is 0 Å². The molecule has 4 atom stereocenters. The van der Waals surface area contributed by atoms with Crippen molar-refractivity contribution < 1.29 is 4.74 Å². The van der Waals surface area contributed by atoms with Crippen LogP contribution in [0, 0.1) is 0 Å². The molecule has 0 spiro atoms. The van der Waals surface area contributed by atoms with Crippen LogP contribution in [-0.2, 0) is 4.74 Å². The summed E-state index contributed by atoms with van der Waals surface area (Å²) >= 11 is 36.8. The molecule has 0 radical (unpaired) electrons. The molecule has 2 aromatic carbocycles. The Morgan fingerprint density at radius 1 is 0.586 bits per heavy atom. The van der Waals surface area contributed by atoms with Crippen LogP contribution in [0.5, 0.6) is 0 Å². The van der Waals surface area contributed by atoms with Gasteiger partial charge in [-0.05, 0) is 24.3 Å². The fraction of sp³-hybridized carbons (Fsp3) is 0.333. The maximum absolute atomic E-state index is 6.83. The second-order valence-corrected chi connectivity index (χ2v) is 14.8. The number of alkyl halides is 4. The van der Waals surface area contributed by atoms with Crippen molar-refractivity contribution in [3.8, 4) is 0 Å². The second kappa shape index (κ2) is 13.3. The number of benzene rings is 2. The van der Waals surface area contributed by atoms with Crippen LogP contribution in [-0.4, -0.2) is 20.3 Å². The Morgan fingerprint density at radius 3 is 1.10 bits per heavy atom. The highest BCUT2D eigenvalue weighted by Crippen LogP contribution is 2.46. The van der Waals surface area contributed by atoms with Crippen molar-refractivity contribution in [2.24, 2.45) is 0 Å². The SMILES string of the molecule is BrCC(Br)C(OC(c1c(Br)cc(Br)cc1Br)C(Br)CBr)c1c(Br)cc(Br)cc1Br. The molecule has 2 rings (SSSR count). The largest absolute Gasteiger partial charge is 0.363 e. The van der Waals surface area contributed by atoms with Crippen molar-refractivity contribution >= 4 is 159 Å². The van der Waals surface area contributed by atoms with E-state index in [0.717, 1.165) is 48.6 Å². The molecule has 160 valence electrons. The van der Waals surface area contributed by atoms with Crippen LogP contribution in [0.4, 0.5) is 0 Å². The number of ether oxygens (including phenoxy) is 1. The molecule has 0 bridgehead atoms. The van der Waals surface area contributed by atoms with Gasteiger partial charge in [0.15, 0.2) is 0 Å². The molecule has 0 N–H and O–H groups in total. The maximum atomic E-state index is 6.83. The molecular weight excluding hydrogens is 1030 g/mol. The zero-order valence-corrected chi connectivity index (χ0v) is 30.1. The van der Waals surface area contributed by atoms with Crippen molar-refractivity contribution in [3.63, 3.8) is 0 Å². The summed E-state index contributed by atoms with van der Waals surface area (Å²) in [6.07, 6.45) is -0.476. The van der Waals surface area contributed by atoms with E-state index in [2.05, 4.69) is 159 Å². The highest BCUT2D eigenvalue weighted by molar-refractivity contribution is 9.13. The third-order valence-electron chi connectivity index (χ3n) is 3.90. The summed E-state index contributed by atoms with van der Waals surface area (Å²) in [6, 6.07) is 8.11. The van der Waals surface area contributed by atoms with Gasteiger partial charge in [-0.25, -0.2) is 0 Å². The monoisotopic (exact) mass is 1030 g/mol. The number of halogens is 10. The summed E-state index contributed by atoms with van der Waals surface area (Å²) in [5, 5.41) is 1.45. The molecule has 2 aromatic rings. The lowest BCUT2D eigenvalue weighted by Gasteiger charge is -2.32. The molecular formula is C18H12Br10O. The quantitative estimate of drug-likeness (QED) is 0.240.